The van der Waals surface area contributed by atoms with E-state index in [0.717, 1.165) is 5.56 Å². The second-order valence-corrected chi connectivity index (χ2v) is 7.78. The number of benzene rings is 2. The zero-order valence-corrected chi connectivity index (χ0v) is 16.6. The summed E-state index contributed by atoms with van der Waals surface area (Å²) in [6.07, 6.45) is 0. The first-order chi connectivity index (χ1) is 13.2. The molecular formula is C22H23NO4S. The molecule has 1 amide bonds. The van der Waals surface area contributed by atoms with Crippen LogP contribution in [0.25, 0.3) is 0 Å². The molecule has 2 aromatic carbocycles. The highest BCUT2D eigenvalue weighted by molar-refractivity contribution is 7.98. The molecule has 0 bridgehead atoms. The van der Waals surface area contributed by atoms with Gasteiger partial charge in [-0.05, 0) is 43.7 Å². The molecule has 0 saturated carbocycles. The highest BCUT2D eigenvalue weighted by Gasteiger charge is 2.20. The fourth-order valence-electron chi connectivity index (χ4n) is 2.22. The Morgan fingerprint density at radius 2 is 1.75 bits per heavy atom. The van der Waals surface area contributed by atoms with E-state index in [-0.39, 0.29) is 5.75 Å². The molecule has 146 valence electrons. The fraction of sp³-hybridized carbons (Fsp3) is 0.273. The number of carbonyl (C=O) groups excluding carboxylic acids is 1. The molecule has 2 aromatic rings. The van der Waals surface area contributed by atoms with Crippen LogP contribution in [0.2, 0.25) is 0 Å². The summed E-state index contributed by atoms with van der Waals surface area (Å²) >= 11 is 1.45. The van der Waals surface area contributed by atoms with E-state index in [1.165, 1.54) is 11.8 Å². The molecule has 2 rings (SSSR count). The molecule has 0 saturated heterocycles. The van der Waals surface area contributed by atoms with Crippen molar-refractivity contribution in [1.29, 1.82) is 0 Å². The van der Waals surface area contributed by atoms with E-state index < -0.39 is 23.5 Å². The Morgan fingerprint density at radius 3 is 2.32 bits per heavy atom. The first kappa shape index (κ1) is 21.5. The Kier molecular flexibility index (Phi) is 7.68. The Morgan fingerprint density at radius 1 is 1.11 bits per heavy atom. The van der Waals surface area contributed by atoms with Crippen molar-refractivity contribution in [2.45, 2.75) is 31.2 Å². The van der Waals surface area contributed by atoms with Crippen molar-refractivity contribution < 1.29 is 19.8 Å². The number of carboxylic acid groups (broad SMARTS) is 1. The third-order valence-electron chi connectivity index (χ3n) is 3.66. The van der Waals surface area contributed by atoms with Gasteiger partial charge in [-0.1, -0.05) is 42.2 Å². The Bertz CT molecular complexity index is 861. The zero-order valence-electron chi connectivity index (χ0n) is 15.8. The van der Waals surface area contributed by atoms with E-state index in [1.807, 2.05) is 30.3 Å². The molecule has 0 radical (unpaired) electrons. The molecule has 6 heteroatoms. The molecule has 0 aliphatic heterocycles. The minimum Gasteiger partial charge on any atom is -0.480 e. The molecule has 0 unspecified atom stereocenters. The van der Waals surface area contributed by atoms with Crippen LogP contribution in [0.3, 0.4) is 0 Å². The maximum atomic E-state index is 12.4. The van der Waals surface area contributed by atoms with Crippen LogP contribution in [0.5, 0.6) is 0 Å². The summed E-state index contributed by atoms with van der Waals surface area (Å²) in [6, 6.07) is 15.3. The van der Waals surface area contributed by atoms with Crippen LogP contribution in [0.1, 0.15) is 35.3 Å². The van der Waals surface area contributed by atoms with E-state index in [4.69, 9.17) is 0 Å². The summed E-state index contributed by atoms with van der Waals surface area (Å²) in [4.78, 5) is 23.8. The van der Waals surface area contributed by atoms with Crippen LogP contribution in [0.4, 0.5) is 0 Å². The second-order valence-electron chi connectivity index (χ2n) is 6.75. The second kappa shape index (κ2) is 9.98. The zero-order chi connectivity index (χ0) is 20.6. The molecule has 0 aliphatic rings. The normalized spacial score (nSPS) is 11.8. The lowest BCUT2D eigenvalue weighted by Gasteiger charge is -2.14. The minimum absolute atomic E-state index is 0.269. The maximum Gasteiger partial charge on any atom is 0.327 e. The number of amides is 1. The van der Waals surface area contributed by atoms with Gasteiger partial charge in [0.25, 0.3) is 5.91 Å². The predicted molar refractivity (Wildman–Crippen MR) is 111 cm³/mol. The van der Waals surface area contributed by atoms with Gasteiger partial charge >= 0.3 is 5.97 Å². The Balaban J connectivity index is 1.94. The number of thioether (sulfide) groups is 1. The van der Waals surface area contributed by atoms with Crippen LogP contribution in [-0.2, 0) is 10.5 Å². The molecule has 0 heterocycles. The standard InChI is InChI=1S/C22H23NO4S/c1-22(2,27)13-12-16-8-10-18(11-9-16)20(24)23-19(21(25)26)15-28-14-17-6-4-3-5-7-17/h3-11,19,27H,14-15H2,1-2H3,(H,23,24)(H,25,26)/t19-/m1/s1. The molecule has 0 spiro atoms. The van der Waals surface area contributed by atoms with Crippen LogP contribution < -0.4 is 5.32 Å². The van der Waals surface area contributed by atoms with E-state index in [9.17, 15) is 19.8 Å². The summed E-state index contributed by atoms with van der Waals surface area (Å²) in [6.45, 7) is 3.17. The first-order valence-corrected chi connectivity index (χ1v) is 9.91. The van der Waals surface area contributed by atoms with E-state index >= 15 is 0 Å². The third-order valence-corrected chi connectivity index (χ3v) is 4.77. The summed E-state index contributed by atoms with van der Waals surface area (Å²) in [5.41, 5.74) is 1.02. The van der Waals surface area contributed by atoms with Gasteiger partial charge in [0.05, 0.1) is 0 Å². The van der Waals surface area contributed by atoms with Crippen molar-refractivity contribution in [2.24, 2.45) is 0 Å². The van der Waals surface area contributed by atoms with Gasteiger partial charge in [0, 0.05) is 22.6 Å². The topological polar surface area (TPSA) is 86.6 Å². The minimum atomic E-state index is -1.10. The monoisotopic (exact) mass is 397 g/mol. The van der Waals surface area contributed by atoms with Crippen molar-refractivity contribution in [3.05, 3.63) is 71.3 Å². The van der Waals surface area contributed by atoms with Crippen LogP contribution in [0.15, 0.2) is 54.6 Å². The number of carbonyl (C=O) groups is 2. The van der Waals surface area contributed by atoms with Crippen molar-refractivity contribution >= 4 is 23.6 Å². The van der Waals surface area contributed by atoms with Crippen LogP contribution in [0, 0.1) is 11.8 Å². The van der Waals surface area contributed by atoms with Crippen molar-refractivity contribution in [3.8, 4) is 11.8 Å². The van der Waals surface area contributed by atoms with Gasteiger partial charge in [0.2, 0.25) is 0 Å². The van der Waals surface area contributed by atoms with Crippen molar-refractivity contribution in [3.63, 3.8) is 0 Å². The predicted octanol–water partition coefficient (Wildman–Crippen LogP) is 2.93. The fourth-order valence-corrected chi connectivity index (χ4v) is 3.22. The highest BCUT2D eigenvalue weighted by Crippen LogP contribution is 2.13. The van der Waals surface area contributed by atoms with Gasteiger partial charge in [-0.2, -0.15) is 11.8 Å². The molecule has 0 aromatic heterocycles. The molecule has 5 nitrogen and oxygen atoms in total. The average molecular weight is 397 g/mol. The summed E-state index contributed by atoms with van der Waals surface area (Å²) in [5, 5.41) is 21.6. The Labute approximate surface area is 169 Å². The Hall–Kier alpha value is -2.75. The van der Waals surface area contributed by atoms with Gasteiger partial charge in [-0.3, -0.25) is 4.79 Å². The van der Waals surface area contributed by atoms with Crippen molar-refractivity contribution in [2.75, 3.05) is 5.75 Å². The largest absolute Gasteiger partial charge is 0.480 e. The summed E-state index contributed by atoms with van der Waals surface area (Å²) < 4.78 is 0. The first-order valence-electron chi connectivity index (χ1n) is 8.75. The van der Waals surface area contributed by atoms with Gasteiger partial charge in [-0.15, -0.1) is 0 Å². The highest BCUT2D eigenvalue weighted by atomic mass is 32.2. The molecule has 0 fully saturated rings. The number of carboxylic acids is 1. The summed E-state index contributed by atoms with van der Waals surface area (Å²) in [7, 11) is 0. The molecule has 3 N–H and O–H groups in total. The maximum absolute atomic E-state index is 12.4. The van der Waals surface area contributed by atoms with Crippen molar-refractivity contribution in [1.82, 2.24) is 5.32 Å². The number of hydrogen-bond donors (Lipinski definition) is 3. The summed E-state index contributed by atoms with van der Waals surface area (Å²) in [5.74, 6) is 4.95. The molecule has 1 atom stereocenters. The molecular weight excluding hydrogens is 374 g/mol. The van der Waals surface area contributed by atoms with Gasteiger partial charge in [0.1, 0.15) is 11.6 Å². The average Bonchev–Trinajstić information content (AvgIpc) is 2.66. The number of hydrogen-bond acceptors (Lipinski definition) is 4. The number of rotatable bonds is 7. The van der Waals surface area contributed by atoms with E-state index in [0.29, 0.717) is 16.9 Å². The van der Waals surface area contributed by atoms with Gasteiger partial charge < -0.3 is 15.5 Å². The van der Waals surface area contributed by atoms with Gasteiger partial charge in [0.15, 0.2) is 0 Å². The lowest BCUT2D eigenvalue weighted by Crippen LogP contribution is -2.42. The smallest absolute Gasteiger partial charge is 0.327 e. The van der Waals surface area contributed by atoms with E-state index in [1.54, 1.807) is 38.1 Å². The van der Waals surface area contributed by atoms with Crippen LogP contribution in [-0.4, -0.2) is 39.5 Å². The quantitative estimate of drug-likeness (QED) is 0.626. The van der Waals surface area contributed by atoms with E-state index in [2.05, 4.69) is 17.2 Å². The molecule has 0 aliphatic carbocycles. The third kappa shape index (κ3) is 7.47. The lowest BCUT2D eigenvalue weighted by atomic mass is 10.1. The van der Waals surface area contributed by atoms with Gasteiger partial charge in [-0.25, -0.2) is 4.79 Å². The van der Waals surface area contributed by atoms with Crippen LogP contribution >= 0.6 is 11.8 Å². The number of aliphatic carboxylic acids is 1. The molecule has 28 heavy (non-hydrogen) atoms. The SMILES string of the molecule is CC(C)(O)C#Cc1ccc(C(=O)N[C@H](CSCc2ccccc2)C(=O)O)cc1. The lowest BCUT2D eigenvalue weighted by molar-refractivity contribution is -0.138. The number of nitrogens with one attached hydrogen (secondary N) is 1. The number of aliphatic hydroxyl groups is 1.